The molecule has 0 saturated carbocycles. The third-order valence-electron chi connectivity index (χ3n) is 5.83. The standard InChI is InChI=1S/C23H25NO5.C8H16O3/c1-3-17(2)22(25)28-15-5-4-14-27-20-12-8-19(9-13-20)23(26)29-21-10-6-18(16-24)7-11-21;1-4-6(2)8(10)11-5-7(3)9/h6-13,17H,3-5,14-15H2,1-2H3;6-7,9H,4-5H2,1-3H3. The van der Waals surface area contributed by atoms with Crippen molar-refractivity contribution in [2.24, 2.45) is 11.8 Å². The zero-order chi connectivity index (χ0) is 29.9. The largest absolute Gasteiger partial charge is 0.494 e. The lowest BCUT2D eigenvalue weighted by Gasteiger charge is -2.10. The number of esters is 3. The van der Waals surface area contributed by atoms with Crippen LogP contribution in [0.2, 0.25) is 0 Å². The van der Waals surface area contributed by atoms with Crippen molar-refractivity contribution in [3.05, 3.63) is 59.7 Å². The van der Waals surface area contributed by atoms with E-state index in [0.717, 1.165) is 25.7 Å². The Kier molecular flexibility index (Phi) is 16.4. The van der Waals surface area contributed by atoms with Gasteiger partial charge in [0.1, 0.15) is 18.1 Å². The average molecular weight is 556 g/mol. The first-order valence-electron chi connectivity index (χ1n) is 13.6. The molecule has 0 aliphatic rings. The highest BCUT2D eigenvalue weighted by Gasteiger charge is 2.13. The van der Waals surface area contributed by atoms with Gasteiger partial charge in [-0.2, -0.15) is 5.26 Å². The number of hydrogen-bond donors (Lipinski definition) is 1. The van der Waals surface area contributed by atoms with Crippen LogP contribution in [0.15, 0.2) is 48.5 Å². The minimum absolute atomic E-state index is 0.0613. The molecule has 0 heterocycles. The fourth-order valence-electron chi connectivity index (χ4n) is 2.84. The van der Waals surface area contributed by atoms with Crippen LogP contribution in [0, 0.1) is 23.2 Å². The molecule has 2 aromatic carbocycles. The van der Waals surface area contributed by atoms with Gasteiger partial charge in [-0.05, 0) is 81.1 Å². The Balaban J connectivity index is 0.000000614. The SMILES string of the molecule is CCC(C)C(=O)OCC(C)O.CCC(C)C(=O)OCCCCOc1ccc(C(=O)Oc2ccc(C#N)cc2)cc1. The molecule has 218 valence electrons. The topological polar surface area (TPSA) is 132 Å². The summed E-state index contributed by atoms with van der Waals surface area (Å²) in [5.41, 5.74) is 0.902. The van der Waals surface area contributed by atoms with Gasteiger partial charge in [0.2, 0.25) is 0 Å². The van der Waals surface area contributed by atoms with E-state index in [0.29, 0.717) is 35.8 Å². The zero-order valence-corrected chi connectivity index (χ0v) is 24.1. The minimum atomic E-state index is -0.567. The summed E-state index contributed by atoms with van der Waals surface area (Å²) < 4.78 is 20.9. The van der Waals surface area contributed by atoms with Crippen LogP contribution in [0.5, 0.6) is 11.5 Å². The molecule has 0 amide bonds. The maximum Gasteiger partial charge on any atom is 0.343 e. The Morgan fingerprint density at radius 1 is 0.800 bits per heavy atom. The van der Waals surface area contributed by atoms with Crippen molar-refractivity contribution >= 4 is 17.9 Å². The molecule has 0 aliphatic heterocycles. The Morgan fingerprint density at radius 3 is 1.85 bits per heavy atom. The second kappa shape index (κ2) is 19.2. The van der Waals surface area contributed by atoms with Gasteiger partial charge in [0.15, 0.2) is 0 Å². The van der Waals surface area contributed by atoms with E-state index in [2.05, 4.69) is 0 Å². The molecule has 9 heteroatoms. The number of carbonyl (C=O) groups is 3. The van der Waals surface area contributed by atoms with Gasteiger partial charge in [-0.15, -0.1) is 0 Å². The Labute approximate surface area is 237 Å². The van der Waals surface area contributed by atoms with Crippen molar-refractivity contribution in [1.82, 2.24) is 0 Å². The van der Waals surface area contributed by atoms with E-state index in [4.69, 9.17) is 29.3 Å². The second-order valence-corrected chi connectivity index (χ2v) is 9.37. The average Bonchev–Trinajstić information content (AvgIpc) is 2.97. The number of rotatable bonds is 14. The molecule has 3 unspecified atom stereocenters. The van der Waals surface area contributed by atoms with Crippen molar-refractivity contribution in [1.29, 1.82) is 5.26 Å². The fraction of sp³-hybridized carbons (Fsp3) is 0.484. The van der Waals surface area contributed by atoms with E-state index < -0.39 is 12.1 Å². The van der Waals surface area contributed by atoms with Crippen LogP contribution in [-0.2, 0) is 19.1 Å². The molecule has 0 radical (unpaired) electrons. The third kappa shape index (κ3) is 13.8. The van der Waals surface area contributed by atoms with Crippen molar-refractivity contribution in [2.75, 3.05) is 19.8 Å². The number of nitrogens with zero attached hydrogens (tertiary/aromatic N) is 1. The summed E-state index contributed by atoms with van der Waals surface area (Å²) in [5.74, 6) is 0.0386. The van der Waals surface area contributed by atoms with Crippen LogP contribution in [0.3, 0.4) is 0 Å². The molecule has 9 nitrogen and oxygen atoms in total. The van der Waals surface area contributed by atoms with Crippen molar-refractivity contribution in [3.63, 3.8) is 0 Å². The minimum Gasteiger partial charge on any atom is -0.494 e. The molecule has 3 atom stereocenters. The lowest BCUT2D eigenvalue weighted by atomic mass is 10.1. The molecule has 2 aromatic rings. The van der Waals surface area contributed by atoms with E-state index >= 15 is 0 Å². The molecule has 0 aliphatic carbocycles. The van der Waals surface area contributed by atoms with E-state index in [1.807, 2.05) is 33.8 Å². The maximum absolute atomic E-state index is 12.2. The number of ether oxygens (including phenoxy) is 4. The lowest BCUT2D eigenvalue weighted by molar-refractivity contribution is -0.150. The van der Waals surface area contributed by atoms with E-state index in [-0.39, 0.29) is 30.4 Å². The summed E-state index contributed by atoms with van der Waals surface area (Å²) in [4.78, 5) is 34.7. The molecule has 0 aromatic heterocycles. The van der Waals surface area contributed by atoms with Gasteiger partial charge in [-0.1, -0.05) is 27.7 Å². The van der Waals surface area contributed by atoms with E-state index in [9.17, 15) is 14.4 Å². The van der Waals surface area contributed by atoms with Crippen molar-refractivity contribution < 1.29 is 38.4 Å². The van der Waals surface area contributed by atoms with Gasteiger partial charge < -0.3 is 24.1 Å². The van der Waals surface area contributed by atoms with Crippen molar-refractivity contribution in [2.45, 2.75) is 66.4 Å². The van der Waals surface area contributed by atoms with Crippen LogP contribution >= 0.6 is 0 Å². The molecule has 0 bridgehead atoms. The molecule has 0 spiro atoms. The normalized spacial score (nSPS) is 12.4. The highest BCUT2D eigenvalue weighted by molar-refractivity contribution is 5.91. The second-order valence-electron chi connectivity index (χ2n) is 9.37. The number of carbonyl (C=O) groups excluding carboxylic acids is 3. The first-order chi connectivity index (χ1) is 19.1. The quantitative estimate of drug-likeness (QED) is 0.183. The van der Waals surface area contributed by atoms with Crippen LogP contribution in [-0.4, -0.2) is 48.9 Å². The molecule has 0 fully saturated rings. The van der Waals surface area contributed by atoms with E-state index in [1.165, 1.54) is 0 Å². The number of nitriles is 1. The number of aliphatic hydroxyl groups excluding tert-OH is 1. The fourth-order valence-corrected chi connectivity index (χ4v) is 2.84. The zero-order valence-electron chi connectivity index (χ0n) is 24.1. The Morgan fingerprint density at radius 2 is 1.32 bits per heavy atom. The van der Waals surface area contributed by atoms with Gasteiger partial charge in [0.25, 0.3) is 0 Å². The predicted molar refractivity (Wildman–Crippen MR) is 150 cm³/mol. The van der Waals surface area contributed by atoms with Crippen LogP contribution in [0.1, 0.15) is 76.2 Å². The Bertz CT molecular complexity index is 1070. The molecule has 0 saturated heterocycles. The van der Waals surface area contributed by atoms with Crippen LogP contribution < -0.4 is 9.47 Å². The molecule has 1 N–H and O–H groups in total. The smallest absolute Gasteiger partial charge is 0.343 e. The molecular formula is C31H41NO8. The van der Waals surface area contributed by atoms with Crippen LogP contribution in [0.25, 0.3) is 0 Å². The molecule has 2 rings (SSSR count). The van der Waals surface area contributed by atoms with Gasteiger partial charge in [-0.25, -0.2) is 4.79 Å². The van der Waals surface area contributed by atoms with Gasteiger partial charge in [0, 0.05) is 0 Å². The van der Waals surface area contributed by atoms with Gasteiger partial charge >= 0.3 is 17.9 Å². The summed E-state index contributed by atoms with van der Waals surface area (Å²) in [5, 5.41) is 17.6. The number of aliphatic hydroxyl groups is 1. The highest BCUT2D eigenvalue weighted by atomic mass is 16.5. The summed E-state index contributed by atoms with van der Waals surface area (Å²) in [6.45, 7) is 10.1. The predicted octanol–water partition coefficient (Wildman–Crippen LogP) is 5.48. The number of benzene rings is 2. The molecular weight excluding hydrogens is 514 g/mol. The summed E-state index contributed by atoms with van der Waals surface area (Å²) in [7, 11) is 0. The van der Waals surface area contributed by atoms with Gasteiger partial charge in [-0.3, -0.25) is 9.59 Å². The monoisotopic (exact) mass is 555 g/mol. The third-order valence-corrected chi connectivity index (χ3v) is 5.83. The van der Waals surface area contributed by atoms with Gasteiger partial charge in [0.05, 0.1) is 48.3 Å². The summed E-state index contributed by atoms with van der Waals surface area (Å²) in [6.07, 6.45) is 2.48. The van der Waals surface area contributed by atoms with Crippen molar-refractivity contribution in [3.8, 4) is 17.6 Å². The Hall–Kier alpha value is -3.90. The summed E-state index contributed by atoms with van der Waals surface area (Å²) in [6, 6.07) is 15.0. The number of hydrogen-bond acceptors (Lipinski definition) is 9. The number of unbranched alkanes of at least 4 members (excludes halogenated alkanes) is 1. The summed E-state index contributed by atoms with van der Waals surface area (Å²) >= 11 is 0. The first-order valence-corrected chi connectivity index (χ1v) is 13.6. The lowest BCUT2D eigenvalue weighted by Crippen LogP contribution is -2.19. The van der Waals surface area contributed by atoms with Crippen LogP contribution in [0.4, 0.5) is 0 Å². The highest BCUT2D eigenvalue weighted by Crippen LogP contribution is 2.17. The first kappa shape index (κ1) is 34.1. The van der Waals surface area contributed by atoms with E-state index in [1.54, 1.807) is 55.5 Å². The molecule has 40 heavy (non-hydrogen) atoms. The maximum atomic E-state index is 12.2.